The van der Waals surface area contributed by atoms with Crippen LogP contribution in [-0.2, 0) is 16.0 Å². The molecule has 1 N–H and O–H groups in total. The summed E-state index contributed by atoms with van der Waals surface area (Å²) in [6.45, 7) is 2.85. The number of carbonyl (C=O) groups excluding carboxylic acids is 1. The summed E-state index contributed by atoms with van der Waals surface area (Å²) in [5.74, 6) is -0.396. The Morgan fingerprint density at radius 3 is 2.34 bits per heavy atom. The van der Waals surface area contributed by atoms with E-state index in [1.165, 1.54) is 24.3 Å². The van der Waals surface area contributed by atoms with E-state index in [4.69, 9.17) is 14.2 Å². The standard InChI is InChI=1S/C22H24FNO5/c1-27-11-9-24(10-12-28-2)14-18-19(25)8-7-17-21(26)20(29-22(17)18)13-15-3-5-16(23)6-4-15/h3-8,13,25H,9-12,14H2,1-2H3. The van der Waals surface area contributed by atoms with Crippen molar-refractivity contribution in [1.82, 2.24) is 0 Å². The lowest BCUT2D eigenvalue weighted by Gasteiger charge is -2.23. The smallest absolute Gasteiger partial charge is 0.231 e. The topological polar surface area (TPSA) is 72.3 Å². The summed E-state index contributed by atoms with van der Waals surface area (Å²) in [6, 6.07) is 8.64. The van der Waals surface area contributed by atoms with Gasteiger partial charge in [-0.2, -0.15) is 0 Å². The van der Waals surface area contributed by atoms with Gasteiger partial charge in [0, 0.05) is 19.8 Å². The fraction of sp³-hybridized carbons (Fsp3) is 0.318. The van der Waals surface area contributed by atoms with Gasteiger partial charge < -0.3 is 24.2 Å². The second-order valence-corrected chi connectivity index (χ2v) is 6.82. The molecule has 6 nitrogen and oxygen atoms in total. The second kappa shape index (κ2) is 9.65. The quantitative estimate of drug-likeness (QED) is 0.640. The number of halogens is 1. The third-order valence-electron chi connectivity index (χ3n) is 4.81. The molecule has 0 aromatic heterocycles. The maximum Gasteiger partial charge on any atom is 0.231 e. The minimum atomic E-state index is -0.359. The molecular weight excluding hydrogens is 377 g/mol. The van der Waals surface area contributed by atoms with E-state index in [0.29, 0.717) is 55.3 Å². The average Bonchev–Trinajstić information content (AvgIpc) is 3.03. The molecule has 0 spiro atoms. The molecule has 3 rings (SSSR count). The second-order valence-electron chi connectivity index (χ2n) is 6.82. The molecule has 1 aliphatic heterocycles. The van der Waals surface area contributed by atoms with Crippen LogP contribution in [-0.4, -0.2) is 46.3 Å². The maximum atomic E-state index is 13.1. The molecule has 0 radical (unpaired) electrons. The third-order valence-corrected chi connectivity index (χ3v) is 4.81. The molecule has 29 heavy (non-hydrogen) atoms. The molecule has 0 fully saturated rings. The molecule has 0 aliphatic carbocycles. The predicted octanol–water partition coefficient (Wildman–Crippen LogP) is 1.19. The number of carbonyl (C=O) groups is 1. The van der Waals surface area contributed by atoms with E-state index in [1.54, 1.807) is 32.4 Å². The van der Waals surface area contributed by atoms with Gasteiger partial charge in [-0.05, 0) is 29.8 Å². The van der Waals surface area contributed by atoms with Gasteiger partial charge in [-0.3, -0.25) is 4.79 Å². The van der Waals surface area contributed by atoms with Crippen molar-refractivity contribution in [2.75, 3.05) is 40.5 Å². The molecule has 1 heterocycles. The van der Waals surface area contributed by atoms with E-state index in [0.717, 1.165) is 4.90 Å². The van der Waals surface area contributed by atoms with Gasteiger partial charge >= 0.3 is 0 Å². The van der Waals surface area contributed by atoms with E-state index < -0.39 is 0 Å². The Labute approximate surface area is 169 Å². The van der Waals surface area contributed by atoms with Crippen molar-refractivity contribution in [3.8, 4) is 11.5 Å². The number of ketones is 1. The van der Waals surface area contributed by atoms with Gasteiger partial charge in [-0.1, -0.05) is 23.9 Å². The molecule has 7 heteroatoms. The number of allylic oxidation sites excluding steroid dienone is 1. The average molecular weight is 401 g/mol. The van der Waals surface area contributed by atoms with Crippen molar-refractivity contribution < 1.29 is 33.4 Å². The van der Waals surface area contributed by atoms with Crippen LogP contribution >= 0.6 is 0 Å². The fourth-order valence-corrected chi connectivity index (χ4v) is 3.21. The molecule has 0 saturated carbocycles. The first-order valence-corrected chi connectivity index (χ1v) is 9.37. The zero-order valence-electron chi connectivity index (χ0n) is 16.5. The highest BCUT2D eigenvalue weighted by molar-refractivity contribution is 6.14. The zero-order valence-corrected chi connectivity index (χ0v) is 16.5. The number of benzene rings is 2. The largest absolute Gasteiger partial charge is 0.872 e. The lowest BCUT2D eigenvalue weighted by molar-refractivity contribution is -0.914. The van der Waals surface area contributed by atoms with Crippen molar-refractivity contribution in [1.29, 1.82) is 0 Å². The normalized spacial score (nSPS) is 14.5. The molecule has 154 valence electrons. The number of methoxy groups -OCH3 is 2. The number of hydrogen-bond acceptors (Lipinski definition) is 5. The minimum absolute atomic E-state index is 0.119. The zero-order chi connectivity index (χ0) is 20.8. The van der Waals surface area contributed by atoms with Crippen LogP contribution in [0.2, 0.25) is 0 Å². The van der Waals surface area contributed by atoms with Gasteiger partial charge in [0.05, 0.1) is 18.8 Å². The Morgan fingerprint density at radius 1 is 1.07 bits per heavy atom. The molecule has 1 aliphatic rings. The van der Waals surface area contributed by atoms with Gasteiger partial charge in [0.2, 0.25) is 5.78 Å². The van der Waals surface area contributed by atoms with Gasteiger partial charge in [-0.15, -0.1) is 0 Å². The molecule has 0 amide bonds. The van der Waals surface area contributed by atoms with E-state index in [9.17, 15) is 14.3 Å². The van der Waals surface area contributed by atoms with Crippen LogP contribution in [0.5, 0.6) is 11.5 Å². The number of rotatable bonds is 9. The number of quaternary nitrogens is 1. The molecule has 0 saturated heterocycles. The number of nitrogens with one attached hydrogen (secondary N) is 1. The van der Waals surface area contributed by atoms with Crippen LogP contribution in [0.15, 0.2) is 42.2 Å². The SMILES string of the molecule is COCC[NH+](CCOC)Cc1c([O-])ccc2c1OC(=Cc1ccc(F)cc1)C2=O. The fourth-order valence-electron chi connectivity index (χ4n) is 3.21. The Hall–Kier alpha value is -2.74. The highest BCUT2D eigenvalue weighted by atomic mass is 19.1. The molecule has 0 unspecified atom stereocenters. The highest BCUT2D eigenvalue weighted by Gasteiger charge is 2.31. The summed E-state index contributed by atoms with van der Waals surface area (Å²) in [4.78, 5) is 13.8. The molecule has 0 bridgehead atoms. The first-order valence-electron chi connectivity index (χ1n) is 9.37. The van der Waals surface area contributed by atoms with Crippen LogP contribution in [0.3, 0.4) is 0 Å². The van der Waals surface area contributed by atoms with Gasteiger partial charge in [0.25, 0.3) is 0 Å². The highest BCUT2D eigenvalue weighted by Crippen LogP contribution is 2.38. The van der Waals surface area contributed by atoms with Crippen LogP contribution in [0, 0.1) is 5.82 Å². The van der Waals surface area contributed by atoms with E-state index in [2.05, 4.69) is 0 Å². The summed E-state index contributed by atoms with van der Waals surface area (Å²) >= 11 is 0. The van der Waals surface area contributed by atoms with Crippen molar-refractivity contribution in [2.45, 2.75) is 6.54 Å². The van der Waals surface area contributed by atoms with Gasteiger partial charge in [-0.25, -0.2) is 4.39 Å². The van der Waals surface area contributed by atoms with Crippen LogP contribution in [0.1, 0.15) is 21.5 Å². The van der Waals surface area contributed by atoms with Crippen LogP contribution in [0.25, 0.3) is 6.08 Å². The number of fused-ring (bicyclic) bond motifs is 1. The summed E-state index contributed by atoms with van der Waals surface area (Å²) in [5.41, 5.74) is 1.46. The van der Waals surface area contributed by atoms with Crippen molar-refractivity contribution >= 4 is 11.9 Å². The Morgan fingerprint density at radius 2 is 1.72 bits per heavy atom. The number of Topliss-reactive ketones (excluding diaryl/α,β-unsaturated/α-hetero) is 1. The summed E-state index contributed by atoms with van der Waals surface area (Å²) < 4.78 is 29.3. The summed E-state index contributed by atoms with van der Waals surface area (Å²) in [5, 5.41) is 12.5. The third kappa shape index (κ3) is 5.00. The number of hydrogen-bond donors (Lipinski definition) is 1. The lowest BCUT2D eigenvalue weighted by Crippen LogP contribution is -3.11. The minimum Gasteiger partial charge on any atom is -0.872 e. The van der Waals surface area contributed by atoms with E-state index in [-0.39, 0.29) is 23.1 Å². The van der Waals surface area contributed by atoms with Crippen molar-refractivity contribution in [3.05, 3.63) is 64.7 Å². The summed E-state index contributed by atoms with van der Waals surface area (Å²) in [7, 11) is 3.25. The molecule has 0 atom stereocenters. The van der Waals surface area contributed by atoms with Gasteiger partial charge in [0.15, 0.2) is 5.76 Å². The molecular formula is C22H24FNO5. The Balaban J connectivity index is 1.88. The predicted molar refractivity (Wildman–Crippen MR) is 103 cm³/mol. The van der Waals surface area contributed by atoms with Crippen LogP contribution < -0.4 is 14.7 Å². The van der Waals surface area contributed by atoms with Gasteiger partial charge in [0.1, 0.15) is 31.2 Å². The Bertz CT molecular complexity index is 887. The monoisotopic (exact) mass is 401 g/mol. The van der Waals surface area contributed by atoms with Crippen molar-refractivity contribution in [2.24, 2.45) is 0 Å². The van der Waals surface area contributed by atoms with E-state index >= 15 is 0 Å². The van der Waals surface area contributed by atoms with E-state index in [1.807, 2.05) is 0 Å². The van der Waals surface area contributed by atoms with Crippen LogP contribution in [0.4, 0.5) is 4.39 Å². The first kappa shape index (κ1) is 21.0. The van der Waals surface area contributed by atoms with Crippen molar-refractivity contribution in [3.63, 3.8) is 0 Å². The molecule has 2 aromatic carbocycles. The number of ether oxygens (including phenoxy) is 3. The molecule has 2 aromatic rings. The Kier molecular flexibility index (Phi) is 6.98. The summed E-state index contributed by atoms with van der Waals surface area (Å²) in [6.07, 6.45) is 1.55. The maximum absolute atomic E-state index is 13.1. The lowest BCUT2D eigenvalue weighted by atomic mass is 10.0. The first-order chi connectivity index (χ1) is 14.0.